The molecule has 0 aromatic heterocycles. The zero-order chi connectivity index (χ0) is 23.7. The molecule has 5 heteroatoms. The fourth-order valence-electron chi connectivity index (χ4n) is 3.98. The zero-order valence-electron chi connectivity index (χ0n) is 20.2. The van der Waals surface area contributed by atoms with Gasteiger partial charge >= 0.3 is 5.97 Å². The molecule has 1 unspecified atom stereocenters. The topological polar surface area (TPSA) is 63.6 Å². The van der Waals surface area contributed by atoms with E-state index in [0.717, 1.165) is 19.3 Å². The molecule has 0 fully saturated rings. The van der Waals surface area contributed by atoms with Crippen molar-refractivity contribution in [2.75, 3.05) is 0 Å². The predicted octanol–water partition coefficient (Wildman–Crippen LogP) is 7.29. The Balaban J connectivity index is 1.56. The van der Waals surface area contributed by atoms with Gasteiger partial charge in [0.05, 0.1) is 5.30 Å². The molecule has 0 aliphatic heterocycles. The molecule has 0 aliphatic rings. The largest absolute Gasteiger partial charge is 0.507 e. The number of unbranched alkanes of at least 4 members (excludes halogenated alkanes) is 12. The van der Waals surface area contributed by atoms with Crippen molar-refractivity contribution < 1.29 is 19.2 Å². The normalized spacial score (nSPS) is 11.9. The monoisotopic (exact) mass is 472 g/mol. The van der Waals surface area contributed by atoms with Gasteiger partial charge in [-0.1, -0.05) is 114 Å². The second kappa shape index (κ2) is 16.5. The van der Waals surface area contributed by atoms with Crippen LogP contribution in [0.15, 0.2) is 48.5 Å². The first-order chi connectivity index (χ1) is 16.1. The molecular formula is C28H41O4P. The third-order valence-electron chi connectivity index (χ3n) is 5.97. The number of hydrogen-bond acceptors (Lipinski definition) is 4. The van der Waals surface area contributed by atoms with E-state index in [2.05, 4.69) is 6.92 Å². The maximum absolute atomic E-state index is 12.7. The minimum atomic E-state index is -2.30. The molecular weight excluding hydrogens is 431 g/mol. The van der Waals surface area contributed by atoms with Crippen LogP contribution in [0.2, 0.25) is 0 Å². The summed E-state index contributed by atoms with van der Waals surface area (Å²) in [7, 11) is -2.30. The standard InChI is InChI=1S/C28H41O4P/c1-2-3-4-5-6-7-8-9-10-11-12-13-17-20-28(30)32-24-21-22-27(26(29)23-24)33(31)25-18-15-14-16-19-25/h14-16,18-19,21-23,29,33H,2-13,17,20H2,1H3. The highest BCUT2D eigenvalue weighted by Crippen LogP contribution is 2.28. The summed E-state index contributed by atoms with van der Waals surface area (Å²) >= 11 is 0. The summed E-state index contributed by atoms with van der Waals surface area (Å²) in [6.45, 7) is 2.26. The van der Waals surface area contributed by atoms with Crippen molar-refractivity contribution >= 4 is 24.4 Å². The van der Waals surface area contributed by atoms with Crippen LogP contribution in [-0.4, -0.2) is 11.1 Å². The highest BCUT2D eigenvalue weighted by atomic mass is 31.1. The van der Waals surface area contributed by atoms with Crippen LogP contribution in [0.4, 0.5) is 0 Å². The number of benzene rings is 2. The molecule has 0 bridgehead atoms. The molecule has 2 rings (SSSR count). The summed E-state index contributed by atoms with van der Waals surface area (Å²) in [5, 5.41) is 11.3. The number of aromatic hydroxyl groups is 1. The van der Waals surface area contributed by atoms with Crippen molar-refractivity contribution in [3.8, 4) is 11.5 Å². The van der Waals surface area contributed by atoms with Crippen LogP contribution in [0.3, 0.4) is 0 Å². The van der Waals surface area contributed by atoms with Gasteiger partial charge in [0.2, 0.25) is 0 Å². The van der Waals surface area contributed by atoms with Crippen molar-refractivity contribution in [1.29, 1.82) is 0 Å². The Morgan fingerprint density at radius 2 is 1.33 bits per heavy atom. The Hall–Kier alpha value is -2.06. The number of carbonyl (C=O) groups excluding carboxylic acids is 1. The Labute approximate surface area is 200 Å². The molecule has 0 heterocycles. The summed E-state index contributed by atoms with van der Waals surface area (Å²) < 4.78 is 18.0. The van der Waals surface area contributed by atoms with Crippen molar-refractivity contribution in [2.24, 2.45) is 0 Å². The lowest BCUT2D eigenvalue weighted by molar-refractivity contribution is -0.134. The second-order valence-electron chi connectivity index (χ2n) is 8.84. The molecule has 1 atom stereocenters. The van der Waals surface area contributed by atoms with Gasteiger partial charge in [0.15, 0.2) is 0 Å². The molecule has 0 saturated carbocycles. The predicted molar refractivity (Wildman–Crippen MR) is 139 cm³/mol. The van der Waals surface area contributed by atoms with Crippen LogP contribution in [0.25, 0.3) is 0 Å². The van der Waals surface area contributed by atoms with E-state index in [0.29, 0.717) is 22.8 Å². The fourth-order valence-corrected chi connectivity index (χ4v) is 5.33. The Morgan fingerprint density at radius 1 is 0.788 bits per heavy atom. The number of ether oxygens (including phenoxy) is 1. The van der Waals surface area contributed by atoms with Crippen LogP contribution in [0, 0.1) is 0 Å². The highest BCUT2D eigenvalue weighted by Gasteiger charge is 2.13. The summed E-state index contributed by atoms with van der Waals surface area (Å²) in [5.41, 5.74) is 0. The van der Waals surface area contributed by atoms with Gasteiger partial charge in [0, 0.05) is 17.8 Å². The molecule has 33 heavy (non-hydrogen) atoms. The number of carbonyl (C=O) groups is 1. The molecule has 0 radical (unpaired) electrons. The third-order valence-corrected chi connectivity index (χ3v) is 7.74. The zero-order valence-corrected chi connectivity index (χ0v) is 21.2. The lowest BCUT2D eigenvalue weighted by Crippen LogP contribution is -2.10. The van der Waals surface area contributed by atoms with Crippen LogP contribution < -0.4 is 15.3 Å². The SMILES string of the molecule is CCCCCCCCCCCCCCCC(=O)Oc1ccc([PH](=O)c2ccccc2)c(O)c1. The minimum Gasteiger partial charge on any atom is -0.507 e. The highest BCUT2D eigenvalue weighted by molar-refractivity contribution is 7.61. The fraction of sp³-hybridized carbons (Fsp3) is 0.536. The van der Waals surface area contributed by atoms with E-state index < -0.39 is 7.80 Å². The van der Waals surface area contributed by atoms with E-state index in [1.54, 1.807) is 24.3 Å². The van der Waals surface area contributed by atoms with Gasteiger partial charge in [-0.25, -0.2) is 0 Å². The maximum atomic E-state index is 12.7. The van der Waals surface area contributed by atoms with Gasteiger partial charge in [-0.05, 0) is 18.6 Å². The number of rotatable bonds is 17. The summed E-state index contributed by atoms with van der Waals surface area (Å²) in [5.74, 6) is -0.103. The Bertz CT molecular complexity index is 835. The molecule has 1 N–H and O–H groups in total. The third kappa shape index (κ3) is 11.1. The number of esters is 1. The number of phenols is 1. The quantitative estimate of drug-likeness (QED) is 0.114. The first-order valence-electron chi connectivity index (χ1n) is 12.7. The molecule has 182 valence electrons. The van der Waals surface area contributed by atoms with Crippen LogP contribution in [0.1, 0.15) is 96.8 Å². The van der Waals surface area contributed by atoms with Crippen molar-refractivity contribution in [2.45, 2.75) is 96.8 Å². The van der Waals surface area contributed by atoms with Crippen molar-refractivity contribution in [1.82, 2.24) is 0 Å². The van der Waals surface area contributed by atoms with E-state index in [1.165, 1.54) is 70.3 Å². The van der Waals surface area contributed by atoms with E-state index in [-0.39, 0.29) is 11.7 Å². The lowest BCUT2D eigenvalue weighted by atomic mass is 10.0. The van der Waals surface area contributed by atoms with Crippen LogP contribution in [-0.2, 0) is 9.36 Å². The van der Waals surface area contributed by atoms with Crippen molar-refractivity contribution in [3.63, 3.8) is 0 Å². The first kappa shape index (κ1) is 27.2. The minimum absolute atomic E-state index is 0.103. The molecule has 2 aromatic carbocycles. The Morgan fingerprint density at radius 3 is 1.88 bits per heavy atom. The molecule has 4 nitrogen and oxygen atoms in total. The van der Waals surface area contributed by atoms with E-state index >= 15 is 0 Å². The molecule has 0 saturated heterocycles. The number of hydrogen-bond donors (Lipinski definition) is 1. The average molecular weight is 473 g/mol. The van der Waals surface area contributed by atoms with Gasteiger partial charge in [0.1, 0.15) is 19.3 Å². The van der Waals surface area contributed by atoms with E-state index in [9.17, 15) is 14.5 Å². The summed E-state index contributed by atoms with van der Waals surface area (Å²) in [6, 6.07) is 13.6. The Kier molecular flexibility index (Phi) is 13.6. The second-order valence-corrected chi connectivity index (χ2v) is 10.6. The number of phenolic OH excluding ortho intramolecular Hbond substituents is 1. The van der Waals surface area contributed by atoms with Crippen molar-refractivity contribution in [3.05, 3.63) is 48.5 Å². The van der Waals surface area contributed by atoms with Gasteiger partial charge in [-0.15, -0.1) is 0 Å². The molecule has 0 aliphatic carbocycles. The first-order valence-corrected chi connectivity index (χ1v) is 14.2. The molecule has 2 aromatic rings. The van der Waals surface area contributed by atoms with E-state index in [4.69, 9.17) is 4.74 Å². The molecule has 0 spiro atoms. The van der Waals surface area contributed by atoms with Gasteiger partial charge in [-0.2, -0.15) is 0 Å². The summed E-state index contributed by atoms with van der Waals surface area (Å²) in [6.07, 6.45) is 16.8. The lowest BCUT2D eigenvalue weighted by Gasteiger charge is -2.09. The van der Waals surface area contributed by atoms with Crippen LogP contribution in [0.5, 0.6) is 11.5 Å². The van der Waals surface area contributed by atoms with Gasteiger partial charge in [0.25, 0.3) is 0 Å². The molecule has 0 amide bonds. The van der Waals surface area contributed by atoms with Crippen LogP contribution >= 0.6 is 7.80 Å². The van der Waals surface area contributed by atoms with Gasteiger partial charge in [-0.3, -0.25) is 4.79 Å². The van der Waals surface area contributed by atoms with Gasteiger partial charge < -0.3 is 14.4 Å². The maximum Gasteiger partial charge on any atom is 0.311 e. The average Bonchev–Trinajstić information content (AvgIpc) is 2.82. The summed E-state index contributed by atoms with van der Waals surface area (Å²) in [4.78, 5) is 12.1. The smallest absolute Gasteiger partial charge is 0.311 e. The van der Waals surface area contributed by atoms with E-state index in [1.807, 2.05) is 18.2 Å².